The van der Waals surface area contributed by atoms with E-state index in [1.165, 1.54) is 5.15 Å². The van der Waals surface area contributed by atoms with Crippen molar-refractivity contribution in [2.75, 3.05) is 0 Å². The van der Waals surface area contributed by atoms with E-state index in [-0.39, 0.29) is 7.43 Å². The zero-order valence-corrected chi connectivity index (χ0v) is 3.84. The minimum atomic E-state index is 0. The number of halogens is 4. The molecule has 0 saturated heterocycles. The first-order valence-electron chi connectivity index (χ1n) is 0.617. The molecule has 0 aromatic carbocycles. The number of hydrogen-bond acceptors (Lipinski definition) is 2. The van der Waals surface area contributed by atoms with Crippen LogP contribution in [0.15, 0.2) is 0 Å². The Balaban J connectivity index is -0.0000000400. The van der Waals surface area contributed by atoms with E-state index in [0.29, 0.717) is 0 Å². The molecule has 0 spiro atoms. The second-order valence-corrected chi connectivity index (χ2v) is 0.583. The van der Waals surface area contributed by atoms with Gasteiger partial charge in [0.15, 0.2) is 0 Å². The molecule has 6 heteroatoms. The van der Waals surface area contributed by atoms with Crippen LogP contribution in [-0.4, -0.2) is 0 Å². The van der Waals surface area contributed by atoms with Crippen LogP contribution >= 0.6 is 23.7 Å². The molecule has 0 heterocycles. The highest BCUT2D eigenvalue weighted by Crippen LogP contribution is 1.78. The van der Waals surface area contributed by atoms with E-state index in [4.69, 9.17) is 9.05 Å². The van der Waals surface area contributed by atoms with Crippen LogP contribution in [0.25, 0.3) is 0 Å². The van der Waals surface area contributed by atoms with Crippen LogP contribution in [0.1, 0.15) is 7.43 Å². The van der Waals surface area contributed by atoms with Crippen molar-refractivity contribution in [3.05, 3.63) is 0 Å². The van der Waals surface area contributed by atoms with Gasteiger partial charge in [-0.3, -0.25) is 0 Å². The summed E-state index contributed by atoms with van der Waals surface area (Å²) >= 11 is 8.53. The first-order valence-corrected chi connectivity index (χ1v) is 1.23. The van der Waals surface area contributed by atoms with Gasteiger partial charge in [0.2, 0.25) is 0 Å². The molecule has 0 atom stereocenters. The Labute approximate surface area is 50.1 Å². The van der Waals surface area contributed by atoms with Crippen molar-refractivity contribution in [1.29, 1.82) is 0 Å². The van der Waals surface area contributed by atoms with Gasteiger partial charge in [0.1, 0.15) is 0 Å². The average Bonchev–Trinajstić information content (AvgIpc) is 1.39. The zero-order chi connectivity index (χ0) is 5.41. The van der Waals surface area contributed by atoms with E-state index >= 15 is 0 Å². The number of rotatable bonds is 0. The van der Waals surface area contributed by atoms with Gasteiger partial charge in [-0.1, -0.05) is 7.43 Å². The Kier molecular flexibility index (Phi) is 73.4. The molecule has 2 nitrogen and oxygen atoms in total. The highest BCUT2D eigenvalue weighted by atomic mass is 35.6. The Morgan fingerprint density at radius 2 is 1.14 bits per heavy atom. The van der Waals surface area contributed by atoms with Gasteiger partial charge in [0, 0.05) is 5.15 Å². The molecule has 0 N–H and O–H groups in total. The molecule has 0 fully saturated rings. The minimum absolute atomic E-state index is 0. The maximum absolute atomic E-state index is 9.12. The molecule has 0 aromatic heterocycles. The van der Waals surface area contributed by atoms with Gasteiger partial charge in [0.05, 0.1) is 23.7 Å². The second-order valence-electron chi connectivity index (χ2n) is 0.117. The summed E-state index contributed by atoms with van der Waals surface area (Å²) in [6, 6.07) is 0. The third-order valence-electron chi connectivity index (χ3n) is 0. The Morgan fingerprint density at radius 1 is 1.14 bits per heavy atom. The Bertz CT molecular complexity index is 15.7. The normalized spacial score (nSPS) is 5.14. The fourth-order valence-electron chi connectivity index (χ4n) is 0. The third-order valence-corrected chi connectivity index (χ3v) is 0. The topological polar surface area (TPSA) is 18.5 Å². The highest BCUT2D eigenvalue weighted by molar-refractivity contribution is 6.24. The Hall–Kier alpha value is 0.360. The standard InChI is InChI=1S/CH4.Cl2O.F2O/c;2*1-3-2/h1H4;;. The molecule has 0 bridgehead atoms. The lowest BCUT2D eigenvalue weighted by Gasteiger charge is -1.46. The predicted octanol–water partition coefficient (Wildman–Crippen LogP) is 2.72. The van der Waals surface area contributed by atoms with Crippen LogP contribution in [-0.2, 0) is 8.99 Å². The molecule has 0 aliphatic carbocycles. The predicted molar refractivity (Wildman–Crippen MR) is 22.8 cm³/mol. The highest BCUT2D eigenvalue weighted by Gasteiger charge is 1.42. The first-order chi connectivity index (χ1) is 2.83. The molecule has 0 radical (unpaired) electrons. The van der Waals surface area contributed by atoms with E-state index < -0.39 is 0 Å². The third kappa shape index (κ3) is 933. The summed E-state index contributed by atoms with van der Waals surface area (Å²) in [4.78, 5) is 0. The van der Waals surface area contributed by atoms with Crippen LogP contribution < -0.4 is 0 Å². The van der Waals surface area contributed by atoms with Crippen LogP contribution in [0.2, 0.25) is 0 Å². The summed E-state index contributed by atoms with van der Waals surface area (Å²) in [7, 11) is 0. The molecule has 0 aliphatic rings. The Morgan fingerprint density at radius 3 is 1.14 bits per heavy atom. The van der Waals surface area contributed by atoms with E-state index in [9.17, 15) is 0 Å². The minimum Gasteiger partial charge on any atom is -0.166 e. The molecule has 0 unspecified atom stereocenters. The van der Waals surface area contributed by atoms with Gasteiger partial charge in [-0.15, -0.1) is 0 Å². The zero-order valence-electron chi connectivity index (χ0n) is 2.33. The molecule has 7 heavy (non-hydrogen) atoms. The van der Waals surface area contributed by atoms with Crippen LogP contribution in [0.4, 0.5) is 9.05 Å². The van der Waals surface area contributed by atoms with Crippen molar-refractivity contribution in [3.63, 3.8) is 0 Å². The monoisotopic (exact) mass is 156 g/mol. The average molecular weight is 157 g/mol. The van der Waals surface area contributed by atoms with E-state index in [1.807, 2.05) is 0 Å². The van der Waals surface area contributed by atoms with Crippen molar-refractivity contribution in [2.45, 2.75) is 7.43 Å². The summed E-state index contributed by atoms with van der Waals surface area (Å²) in [5.74, 6) is 0. The largest absolute Gasteiger partial charge is 0.166 e. The summed E-state index contributed by atoms with van der Waals surface area (Å²) in [6.07, 6.45) is 0. The molecule has 0 rings (SSSR count). The van der Waals surface area contributed by atoms with Gasteiger partial charge in [-0.2, -0.15) is 3.84 Å². The fourth-order valence-corrected chi connectivity index (χ4v) is 0. The lowest BCUT2D eigenvalue weighted by Crippen LogP contribution is -1.26. The summed E-state index contributed by atoms with van der Waals surface area (Å²) in [5.41, 5.74) is 0. The van der Waals surface area contributed by atoms with Gasteiger partial charge < -0.3 is 0 Å². The van der Waals surface area contributed by atoms with Crippen LogP contribution in [0.3, 0.4) is 0 Å². The van der Waals surface area contributed by atoms with Crippen LogP contribution in [0, 0.1) is 0 Å². The quantitative estimate of drug-likeness (QED) is 0.538. The van der Waals surface area contributed by atoms with Gasteiger partial charge in [-0.05, 0) is 9.05 Å². The van der Waals surface area contributed by atoms with Crippen molar-refractivity contribution in [3.8, 4) is 0 Å². The second kappa shape index (κ2) is 32.8. The maximum Gasteiger partial charge on any atom is 0.0832 e. The summed E-state index contributed by atoms with van der Waals surface area (Å²) < 4.78 is 21.4. The maximum atomic E-state index is 9.12. The molecule has 0 aromatic rings. The van der Waals surface area contributed by atoms with Crippen molar-refractivity contribution < 1.29 is 18.0 Å². The summed E-state index contributed by atoms with van der Waals surface area (Å²) in [6.45, 7) is 0. The van der Waals surface area contributed by atoms with Gasteiger partial charge in [0.25, 0.3) is 0 Å². The van der Waals surface area contributed by atoms with Crippen molar-refractivity contribution in [2.24, 2.45) is 0 Å². The lowest BCUT2D eigenvalue weighted by atomic mass is 12.0. The lowest BCUT2D eigenvalue weighted by molar-refractivity contribution is -0.317. The fraction of sp³-hybridized carbons (Fsp3) is 1.00. The smallest absolute Gasteiger partial charge is 0.0832 e. The van der Waals surface area contributed by atoms with Gasteiger partial charge in [-0.25, -0.2) is 0 Å². The van der Waals surface area contributed by atoms with E-state index in [0.717, 1.165) is 0 Å². The molecule has 0 amide bonds. The van der Waals surface area contributed by atoms with Crippen molar-refractivity contribution >= 4 is 23.7 Å². The molecular formula is CH4Cl2F2O2. The van der Waals surface area contributed by atoms with E-state index in [1.54, 1.807) is 0 Å². The van der Waals surface area contributed by atoms with E-state index in [2.05, 4.69) is 27.6 Å². The molecule has 0 saturated carbocycles. The molecule has 48 valence electrons. The number of hydrogen-bond donors (Lipinski definition) is 0. The SMILES string of the molecule is C.ClOCl.FOF. The molecule has 0 aliphatic heterocycles. The first kappa shape index (κ1) is 15.7. The van der Waals surface area contributed by atoms with Crippen molar-refractivity contribution in [1.82, 2.24) is 0 Å². The summed E-state index contributed by atoms with van der Waals surface area (Å²) in [5, 5.41) is 1.25. The van der Waals surface area contributed by atoms with Crippen LogP contribution in [0.5, 0.6) is 0 Å². The van der Waals surface area contributed by atoms with Gasteiger partial charge >= 0.3 is 0 Å². The molecular weight excluding hydrogens is 153 g/mol.